The van der Waals surface area contributed by atoms with Crippen molar-refractivity contribution in [3.8, 4) is 5.75 Å². The van der Waals surface area contributed by atoms with E-state index in [4.69, 9.17) is 14.6 Å². The average Bonchev–Trinajstić information content (AvgIpc) is 2.79. The molecule has 2 aromatic rings. The monoisotopic (exact) mass is 266 g/mol. The number of ketones is 1. The van der Waals surface area contributed by atoms with Crippen molar-refractivity contribution in [2.24, 2.45) is 0 Å². The molecule has 0 aliphatic heterocycles. The molecule has 1 aromatic carbocycles. The Morgan fingerprint density at radius 3 is 2.42 bits per heavy atom. The lowest BCUT2D eigenvalue weighted by molar-refractivity contribution is -0.0730. The Kier molecular flexibility index (Phi) is 3.32. The summed E-state index contributed by atoms with van der Waals surface area (Å²) in [5.41, 5.74) is -1.52. The fraction of sp³-hybridized carbons (Fsp3) is 0.308. The summed E-state index contributed by atoms with van der Waals surface area (Å²) in [6.07, 6.45) is 0. The summed E-state index contributed by atoms with van der Waals surface area (Å²) >= 11 is 0. The van der Waals surface area contributed by atoms with Gasteiger partial charge in [-0.3, -0.25) is 4.79 Å². The van der Waals surface area contributed by atoms with Gasteiger partial charge in [-0.2, -0.15) is 0 Å². The van der Waals surface area contributed by atoms with Crippen molar-refractivity contribution in [2.75, 3.05) is 13.2 Å². The van der Waals surface area contributed by atoms with Crippen LogP contribution < -0.4 is 0 Å². The highest BCUT2D eigenvalue weighted by Crippen LogP contribution is 2.32. The number of hydrogen-bond donors (Lipinski definition) is 4. The molecular formula is C13H14O6. The molecule has 0 aliphatic carbocycles. The maximum Gasteiger partial charge on any atom is 0.168 e. The molecule has 1 aromatic heterocycles. The summed E-state index contributed by atoms with van der Waals surface area (Å²) in [6, 6.07) is 4.07. The average molecular weight is 266 g/mol. The first-order chi connectivity index (χ1) is 8.91. The van der Waals surface area contributed by atoms with E-state index in [2.05, 4.69) is 0 Å². The zero-order valence-corrected chi connectivity index (χ0v) is 10.3. The van der Waals surface area contributed by atoms with Gasteiger partial charge in [0.2, 0.25) is 0 Å². The van der Waals surface area contributed by atoms with Crippen LogP contribution in [-0.2, 0) is 5.60 Å². The van der Waals surface area contributed by atoms with Gasteiger partial charge >= 0.3 is 0 Å². The Morgan fingerprint density at radius 1 is 1.26 bits per heavy atom. The predicted octanol–water partition coefficient (Wildman–Crippen LogP) is 0.513. The normalized spacial score (nSPS) is 12.0. The molecule has 0 fully saturated rings. The first-order valence-corrected chi connectivity index (χ1v) is 5.63. The molecule has 0 amide bonds. The number of furan rings is 1. The van der Waals surface area contributed by atoms with Gasteiger partial charge in [-0.1, -0.05) is 0 Å². The van der Waals surface area contributed by atoms with Crippen molar-refractivity contribution in [3.05, 3.63) is 29.5 Å². The molecule has 0 saturated carbocycles. The van der Waals surface area contributed by atoms with E-state index in [1.54, 1.807) is 0 Å². The number of fused-ring (bicyclic) bond motifs is 1. The molecule has 4 N–H and O–H groups in total. The van der Waals surface area contributed by atoms with E-state index < -0.39 is 18.8 Å². The molecular weight excluding hydrogens is 252 g/mol. The number of rotatable bonds is 4. The minimum absolute atomic E-state index is 0.0346. The summed E-state index contributed by atoms with van der Waals surface area (Å²) in [5, 5.41) is 38.2. The number of aliphatic hydroxyl groups excluding tert-OH is 2. The Bertz CT molecular complexity index is 623. The summed E-state index contributed by atoms with van der Waals surface area (Å²) in [5.74, 6) is -0.548. The second-order valence-corrected chi connectivity index (χ2v) is 4.42. The highest BCUT2D eigenvalue weighted by Gasteiger charge is 2.32. The van der Waals surface area contributed by atoms with Crippen LogP contribution in [0.1, 0.15) is 23.0 Å². The van der Waals surface area contributed by atoms with E-state index in [1.165, 1.54) is 25.1 Å². The van der Waals surface area contributed by atoms with Crippen molar-refractivity contribution in [3.63, 3.8) is 0 Å². The van der Waals surface area contributed by atoms with Crippen LogP contribution in [-0.4, -0.2) is 39.4 Å². The SMILES string of the molecule is CC(=O)c1cc2oc(C(O)(CO)CO)cc2cc1O. The van der Waals surface area contributed by atoms with E-state index in [0.29, 0.717) is 5.39 Å². The lowest BCUT2D eigenvalue weighted by Gasteiger charge is -2.19. The van der Waals surface area contributed by atoms with Crippen molar-refractivity contribution in [2.45, 2.75) is 12.5 Å². The molecule has 6 heteroatoms. The summed E-state index contributed by atoms with van der Waals surface area (Å²) in [4.78, 5) is 11.3. The van der Waals surface area contributed by atoms with Crippen LogP contribution in [0.4, 0.5) is 0 Å². The van der Waals surface area contributed by atoms with Gasteiger partial charge in [0.25, 0.3) is 0 Å². The van der Waals surface area contributed by atoms with E-state index in [9.17, 15) is 15.0 Å². The number of Topliss-reactive ketones (excluding diaryl/α,β-unsaturated/α-hetero) is 1. The largest absolute Gasteiger partial charge is 0.507 e. The van der Waals surface area contributed by atoms with Crippen LogP contribution in [0.15, 0.2) is 22.6 Å². The maximum atomic E-state index is 11.3. The van der Waals surface area contributed by atoms with Gasteiger partial charge in [0.15, 0.2) is 11.4 Å². The van der Waals surface area contributed by atoms with Crippen LogP contribution in [0.5, 0.6) is 5.75 Å². The first-order valence-electron chi connectivity index (χ1n) is 5.63. The molecule has 1 heterocycles. The van der Waals surface area contributed by atoms with Crippen LogP contribution in [0.25, 0.3) is 11.0 Å². The number of aromatic hydroxyl groups is 1. The maximum absolute atomic E-state index is 11.3. The lowest BCUT2D eigenvalue weighted by Crippen LogP contribution is -2.33. The molecule has 0 aliphatic rings. The number of carbonyl (C=O) groups excluding carboxylic acids is 1. The fourth-order valence-electron chi connectivity index (χ4n) is 1.79. The third-order valence-electron chi connectivity index (χ3n) is 3.00. The molecule has 0 atom stereocenters. The van der Waals surface area contributed by atoms with Gasteiger partial charge in [-0.15, -0.1) is 0 Å². The van der Waals surface area contributed by atoms with E-state index in [1.807, 2.05) is 0 Å². The molecule has 0 unspecified atom stereocenters. The minimum Gasteiger partial charge on any atom is -0.507 e. The highest BCUT2D eigenvalue weighted by molar-refractivity contribution is 6.00. The fourth-order valence-corrected chi connectivity index (χ4v) is 1.79. The Labute approximate surface area is 108 Å². The molecule has 0 saturated heterocycles. The minimum atomic E-state index is -1.90. The van der Waals surface area contributed by atoms with Gasteiger partial charge in [0, 0.05) is 5.39 Å². The Balaban J connectivity index is 2.61. The van der Waals surface area contributed by atoms with Gasteiger partial charge in [-0.25, -0.2) is 0 Å². The van der Waals surface area contributed by atoms with Gasteiger partial charge in [0.1, 0.15) is 17.1 Å². The van der Waals surface area contributed by atoms with Crippen molar-refractivity contribution < 1.29 is 29.6 Å². The van der Waals surface area contributed by atoms with Crippen LogP contribution in [0.3, 0.4) is 0 Å². The summed E-state index contributed by atoms with van der Waals surface area (Å²) < 4.78 is 5.33. The number of aliphatic hydroxyl groups is 3. The lowest BCUT2D eigenvalue weighted by atomic mass is 10.0. The number of hydrogen-bond acceptors (Lipinski definition) is 6. The molecule has 6 nitrogen and oxygen atoms in total. The van der Waals surface area contributed by atoms with Crippen LogP contribution >= 0.6 is 0 Å². The predicted molar refractivity (Wildman–Crippen MR) is 66.0 cm³/mol. The second-order valence-electron chi connectivity index (χ2n) is 4.42. The molecule has 0 spiro atoms. The standard InChI is InChI=1S/C13H14O6/c1-7(16)9-4-11-8(2-10(9)17)3-12(19-11)13(18,5-14)6-15/h2-4,14-15,17-18H,5-6H2,1H3. The van der Waals surface area contributed by atoms with Gasteiger partial charge in [-0.05, 0) is 25.1 Å². The number of phenols is 1. The van der Waals surface area contributed by atoms with Crippen LogP contribution in [0.2, 0.25) is 0 Å². The summed E-state index contributed by atoms with van der Waals surface area (Å²) in [7, 11) is 0. The third-order valence-corrected chi connectivity index (χ3v) is 3.00. The first kappa shape index (κ1) is 13.5. The quantitative estimate of drug-likeness (QED) is 0.600. The van der Waals surface area contributed by atoms with E-state index in [-0.39, 0.29) is 28.4 Å². The van der Waals surface area contributed by atoms with Gasteiger partial charge < -0.3 is 24.8 Å². The molecule has 102 valence electrons. The van der Waals surface area contributed by atoms with Gasteiger partial charge in [0.05, 0.1) is 18.8 Å². The zero-order chi connectivity index (χ0) is 14.2. The molecule has 0 bridgehead atoms. The topological polar surface area (TPSA) is 111 Å². The Hall–Kier alpha value is -1.89. The molecule has 19 heavy (non-hydrogen) atoms. The van der Waals surface area contributed by atoms with Crippen molar-refractivity contribution in [1.29, 1.82) is 0 Å². The number of benzene rings is 1. The summed E-state index contributed by atoms with van der Waals surface area (Å²) in [6.45, 7) is -0.119. The van der Waals surface area contributed by atoms with E-state index >= 15 is 0 Å². The zero-order valence-electron chi connectivity index (χ0n) is 10.3. The smallest absolute Gasteiger partial charge is 0.168 e. The molecule has 2 rings (SSSR count). The van der Waals surface area contributed by atoms with Crippen LogP contribution in [0, 0.1) is 0 Å². The number of phenolic OH excluding ortho intramolecular Hbond substituents is 1. The van der Waals surface area contributed by atoms with E-state index in [0.717, 1.165) is 0 Å². The molecule has 0 radical (unpaired) electrons. The highest BCUT2D eigenvalue weighted by atomic mass is 16.4. The van der Waals surface area contributed by atoms with Crippen molar-refractivity contribution >= 4 is 16.8 Å². The number of carbonyl (C=O) groups is 1. The Morgan fingerprint density at radius 2 is 1.89 bits per heavy atom. The third kappa shape index (κ3) is 2.21. The van der Waals surface area contributed by atoms with Crippen molar-refractivity contribution in [1.82, 2.24) is 0 Å². The second kappa shape index (κ2) is 4.65.